The number of pyridine rings is 1. The van der Waals surface area contributed by atoms with Gasteiger partial charge in [-0.05, 0) is 40.2 Å². The van der Waals surface area contributed by atoms with E-state index in [0.717, 1.165) is 10.7 Å². The molecule has 0 aliphatic rings. The van der Waals surface area contributed by atoms with Crippen LogP contribution in [0.1, 0.15) is 24.3 Å². The van der Waals surface area contributed by atoms with E-state index in [-0.39, 0.29) is 5.91 Å². The van der Waals surface area contributed by atoms with E-state index >= 15 is 0 Å². The molecule has 3 N–H and O–H groups in total. The highest BCUT2D eigenvalue weighted by molar-refractivity contribution is 14.2. The molecule has 0 radical (unpaired) electrons. The molecule has 24 heavy (non-hydrogen) atoms. The Hall–Kier alpha value is -1.58. The molecule has 0 aliphatic carbocycles. The fraction of sp³-hybridized carbons (Fsp3) is 0.143. The van der Waals surface area contributed by atoms with E-state index in [2.05, 4.69) is 42.4 Å². The van der Waals surface area contributed by atoms with Gasteiger partial charge >= 0.3 is 0 Å². The van der Waals surface area contributed by atoms with Crippen molar-refractivity contribution in [3.05, 3.63) is 41.7 Å². The molecule has 0 fully saturated rings. The second-order valence-corrected chi connectivity index (χ2v) is 7.08. The molecular weight excluding hydrogens is 458 g/mol. The van der Waals surface area contributed by atoms with Crippen molar-refractivity contribution in [2.75, 3.05) is 11.1 Å². The van der Waals surface area contributed by atoms with Crippen LogP contribution < -0.4 is 11.1 Å². The molecule has 0 aromatic carbocycles. The van der Waals surface area contributed by atoms with Crippen LogP contribution in [-0.4, -0.2) is 25.4 Å². The Labute approximate surface area is 158 Å². The summed E-state index contributed by atoms with van der Waals surface area (Å²) in [5, 5.41) is 9.38. The molecule has 3 heterocycles. The van der Waals surface area contributed by atoms with Gasteiger partial charge in [0.25, 0.3) is 5.91 Å². The van der Waals surface area contributed by atoms with Gasteiger partial charge in [-0.3, -0.25) is 4.79 Å². The summed E-state index contributed by atoms with van der Waals surface area (Å²) in [5.41, 5.74) is 7.36. The zero-order chi connectivity index (χ0) is 17.5. The number of hydrogen-bond acceptors (Lipinski definition) is 6. The number of thiazole rings is 1. The Morgan fingerprint density at radius 3 is 2.83 bits per heavy atom. The van der Waals surface area contributed by atoms with Crippen molar-refractivity contribution in [1.29, 1.82) is 0 Å². The molecule has 1 amide bonds. The number of rotatable bonds is 4. The van der Waals surface area contributed by atoms with Crippen LogP contribution in [0.4, 0.5) is 11.5 Å². The Balaban J connectivity index is 0.00000100. The minimum Gasteiger partial charge on any atom is -0.397 e. The van der Waals surface area contributed by atoms with Gasteiger partial charge in [0.05, 0.1) is 24.5 Å². The molecule has 3 aromatic heterocycles. The van der Waals surface area contributed by atoms with Crippen molar-refractivity contribution < 1.29 is 4.79 Å². The summed E-state index contributed by atoms with van der Waals surface area (Å²) in [4.78, 5) is 20.6. The minimum absolute atomic E-state index is 0.303. The van der Waals surface area contributed by atoms with Crippen LogP contribution in [-0.2, 0) is 0 Å². The van der Waals surface area contributed by atoms with Crippen LogP contribution in [0.15, 0.2) is 36.0 Å². The summed E-state index contributed by atoms with van der Waals surface area (Å²) >= 11 is 3.65. The highest BCUT2D eigenvalue weighted by Crippen LogP contribution is 2.32. The fourth-order valence-corrected chi connectivity index (χ4v) is 4.11. The highest BCUT2D eigenvalue weighted by atomic mass is 127. The first-order chi connectivity index (χ1) is 11.7. The third-order valence-corrected chi connectivity index (χ3v) is 5.46. The van der Waals surface area contributed by atoms with Crippen LogP contribution in [0.3, 0.4) is 0 Å². The molecule has 0 saturated heterocycles. The Morgan fingerprint density at radius 2 is 2.17 bits per heavy atom. The van der Waals surface area contributed by atoms with Crippen LogP contribution in [0.5, 0.6) is 0 Å². The number of halogens is 1. The highest BCUT2D eigenvalue weighted by Gasteiger charge is 2.14. The first-order valence-corrected chi connectivity index (χ1v) is 12.0. The van der Waals surface area contributed by atoms with E-state index in [4.69, 9.17) is 5.73 Å². The number of aromatic nitrogens is 4. The number of carbonyl (C=O) groups excluding carboxylic acids is 1. The molecular formula is C14H16IN6OPS. The number of hydrogen-bond donors (Lipinski definition) is 2. The molecule has 0 aliphatic heterocycles. The smallest absolute Gasteiger partial charge is 0.276 e. The summed E-state index contributed by atoms with van der Waals surface area (Å²) in [6, 6.07) is 5.20. The van der Waals surface area contributed by atoms with Crippen LogP contribution in [0.25, 0.3) is 10.7 Å². The Morgan fingerprint density at radius 1 is 1.38 bits per heavy atom. The average molecular weight is 474 g/mol. The monoisotopic (exact) mass is 474 g/mol. The summed E-state index contributed by atoms with van der Waals surface area (Å²) in [6.45, 7) is 4.00. The number of nitrogens with one attached hydrogen (secondary N) is 1. The molecule has 0 spiro atoms. The lowest BCUT2D eigenvalue weighted by Gasteiger charge is -2.02. The van der Waals surface area contributed by atoms with Crippen molar-refractivity contribution in [3.8, 4) is 10.7 Å². The minimum atomic E-state index is -0.303. The molecule has 3 rings (SSSR count). The second-order valence-electron chi connectivity index (χ2n) is 4.18. The fourth-order valence-electron chi connectivity index (χ4n) is 1.69. The largest absolute Gasteiger partial charge is 0.397 e. The molecule has 1 unspecified atom stereocenters. The average Bonchev–Trinajstić information content (AvgIpc) is 3.27. The van der Waals surface area contributed by atoms with E-state index in [1.165, 1.54) is 17.5 Å². The molecule has 7 nitrogen and oxygen atoms in total. The van der Waals surface area contributed by atoms with Crippen molar-refractivity contribution in [2.45, 2.75) is 13.8 Å². The van der Waals surface area contributed by atoms with Gasteiger partial charge in [-0.1, -0.05) is 13.8 Å². The number of nitrogen functional groups attached to an aromatic ring is 1. The SMILES string of the molecule is CC.Nc1ccc(NC(=O)c2csc(-c3ccnn3PI)n2)nc1. The maximum Gasteiger partial charge on any atom is 0.276 e. The lowest BCUT2D eigenvalue weighted by Crippen LogP contribution is -2.13. The van der Waals surface area contributed by atoms with Gasteiger partial charge in [-0.15, -0.1) is 11.3 Å². The third kappa shape index (κ3) is 4.49. The summed E-state index contributed by atoms with van der Waals surface area (Å²) in [5.74, 6) is 0.135. The van der Waals surface area contributed by atoms with Crippen molar-refractivity contribution in [3.63, 3.8) is 0 Å². The standard InChI is InChI=1S/C12H10IN6OPS.C2H6/c13-21-19-9(3-4-16-19)12-17-8(6-22-12)11(20)18-10-2-1-7(14)5-15-10;1-2/h1-6,21H,14H2,(H,15,18,20);1-2H3. The van der Waals surface area contributed by atoms with Crippen molar-refractivity contribution in [2.24, 2.45) is 0 Å². The van der Waals surface area contributed by atoms with E-state index in [0.29, 0.717) is 23.6 Å². The van der Waals surface area contributed by atoms with Crippen LogP contribution in [0.2, 0.25) is 0 Å². The molecule has 126 valence electrons. The maximum atomic E-state index is 12.2. The lowest BCUT2D eigenvalue weighted by molar-refractivity contribution is 0.102. The van der Waals surface area contributed by atoms with Crippen LogP contribution in [0, 0.1) is 0 Å². The van der Waals surface area contributed by atoms with Gasteiger partial charge in [-0.25, -0.2) is 14.4 Å². The first-order valence-electron chi connectivity index (χ1n) is 7.07. The molecule has 0 saturated carbocycles. The lowest BCUT2D eigenvalue weighted by atomic mass is 10.4. The summed E-state index contributed by atoms with van der Waals surface area (Å²) in [7, 11) is 0. The van der Waals surface area contributed by atoms with Gasteiger partial charge in [-0.2, -0.15) is 5.10 Å². The van der Waals surface area contributed by atoms with Crippen LogP contribution >= 0.6 is 39.8 Å². The predicted molar refractivity (Wildman–Crippen MR) is 109 cm³/mol. The van der Waals surface area contributed by atoms with Gasteiger partial charge < -0.3 is 11.1 Å². The molecule has 1 atom stereocenters. The summed E-state index contributed by atoms with van der Waals surface area (Å²) in [6.07, 6.45) is 3.69. The van der Waals surface area contributed by atoms with E-state index in [9.17, 15) is 4.79 Å². The zero-order valence-electron chi connectivity index (χ0n) is 13.0. The number of carbonyl (C=O) groups is 1. The molecule has 10 heteroatoms. The summed E-state index contributed by atoms with van der Waals surface area (Å²) < 4.78 is 1.85. The van der Waals surface area contributed by atoms with Gasteiger partial charge in [0, 0.05) is 5.38 Å². The quantitative estimate of drug-likeness (QED) is 0.439. The number of nitrogens with zero attached hydrogens (tertiary/aromatic N) is 4. The van der Waals surface area contributed by atoms with Crippen molar-refractivity contribution >= 4 is 57.2 Å². The third-order valence-electron chi connectivity index (χ3n) is 2.71. The number of nitrogens with two attached hydrogens (primary N) is 1. The Bertz CT molecular complexity index is 804. The predicted octanol–water partition coefficient (Wildman–Crippen LogP) is 4.05. The first kappa shape index (κ1) is 18.8. The maximum absolute atomic E-state index is 12.2. The van der Waals surface area contributed by atoms with E-state index < -0.39 is 0 Å². The van der Waals surface area contributed by atoms with Gasteiger partial charge in [0.2, 0.25) is 0 Å². The number of amides is 1. The van der Waals surface area contributed by atoms with E-state index in [1.807, 2.05) is 24.4 Å². The number of anilines is 2. The van der Waals surface area contributed by atoms with Crippen molar-refractivity contribution in [1.82, 2.24) is 19.5 Å². The zero-order valence-corrected chi connectivity index (χ0v) is 17.0. The van der Waals surface area contributed by atoms with Gasteiger partial charge in [0.1, 0.15) is 22.2 Å². The van der Waals surface area contributed by atoms with E-state index in [1.54, 1.807) is 23.7 Å². The molecule has 0 bridgehead atoms. The Kier molecular flexibility index (Phi) is 7.07. The second kappa shape index (κ2) is 9.05. The molecule has 3 aromatic rings. The topological polar surface area (TPSA) is 98.7 Å². The normalized spacial score (nSPS) is 10.5. The van der Waals surface area contributed by atoms with Gasteiger partial charge in [0.15, 0.2) is 0 Å².